The maximum atomic E-state index is 12.8. The van der Waals surface area contributed by atoms with Gasteiger partial charge in [-0.1, -0.05) is 18.1 Å². The number of carbonyl (C=O) groups excluding carboxylic acids is 1. The normalized spacial score (nSPS) is 19.9. The minimum atomic E-state index is -0.380. The summed E-state index contributed by atoms with van der Waals surface area (Å²) in [6.07, 6.45) is 6.47. The monoisotopic (exact) mass is 373 g/mol. The van der Waals surface area contributed by atoms with Crippen molar-refractivity contribution in [3.8, 4) is 0 Å². The molecule has 0 aromatic carbocycles. The number of hydrogen-bond donors (Lipinski definition) is 1. The van der Waals surface area contributed by atoms with Gasteiger partial charge in [0.1, 0.15) is 5.82 Å². The second kappa shape index (κ2) is 7.54. The molecule has 3 rings (SSSR count). The zero-order valence-corrected chi connectivity index (χ0v) is 16.4. The van der Waals surface area contributed by atoms with E-state index in [9.17, 15) is 14.4 Å². The molecule has 0 bridgehead atoms. The molecule has 2 aromatic heterocycles. The average molecular weight is 373 g/mol. The highest BCUT2D eigenvalue weighted by molar-refractivity contribution is 5.71. The number of carbonyl (C=O) groups is 1. The third kappa shape index (κ3) is 3.48. The average Bonchev–Trinajstić information content (AvgIpc) is 3.03. The van der Waals surface area contributed by atoms with Crippen molar-refractivity contribution < 1.29 is 4.79 Å². The Morgan fingerprint density at radius 2 is 1.96 bits per heavy atom. The lowest BCUT2D eigenvalue weighted by Crippen LogP contribution is -2.37. The highest BCUT2D eigenvalue weighted by Gasteiger charge is 2.29. The Morgan fingerprint density at radius 1 is 1.22 bits per heavy atom. The number of aryl methyl sites for hydroxylation is 1. The predicted molar refractivity (Wildman–Crippen MR) is 104 cm³/mol. The molecule has 1 saturated carbocycles. The van der Waals surface area contributed by atoms with E-state index in [2.05, 4.69) is 11.4 Å². The summed E-state index contributed by atoms with van der Waals surface area (Å²) in [6, 6.07) is 0.115. The Labute approximate surface area is 157 Å². The summed E-state index contributed by atoms with van der Waals surface area (Å²) in [4.78, 5) is 40.7. The maximum absolute atomic E-state index is 12.8. The minimum absolute atomic E-state index is 0.115. The van der Waals surface area contributed by atoms with E-state index in [1.807, 2.05) is 18.4 Å². The first-order valence-electron chi connectivity index (χ1n) is 9.34. The van der Waals surface area contributed by atoms with Crippen molar-refractivity contribution in [3.63, 3.8) is 0 Å². The summed E-state index contributed by atoms with van der Waals surface area (Å²) < 4.78 is 4.51. The SMILES string of the molecule is CC(C)=CCn1c(C2CCCC(NC=O)C2)nc2c1c(=O)n(C)c(=O)n2C. The number of imidazole rings is 1. The highest BCUT2D eigenvalue weighted by Crippen LogP contribution is 2.33. The largest absolute Gasteiger partial charge is 0.356 e. The fraction of sp³-hybridized carbons (Fsp3) is 0.579. The summed E-state index contributed by atoms with van der Waals surface area (Å²) in [5, 5.41) is 2.88. The second-order valence-electron chi connectivity index (χ2n) is 7.59. The van der Waals surface area contributed by atoms with Gasteiger partial charge in [0.2, 0.25) is 6.41 Å². The number of amides is 1. The minimum Gasteiger partial charge on any atom is -0.356 e. The van der Waals surface area contributed by atoms with Crippen LogP contribution in [0, 0.1) is 0 Å². The molecule has 2 heterocycles. The van der Waals surface area contributed by atoms with Crippen LogP contribution in [0.3, 0.4) is 0 Å². The van der Waals surface area contributed by atoms with Crippen LogP contribution in [0.4, 0.5) is 0 Å². The molecular weight excluding hydrogens is 346 g/mol. The zero-order chi connectivity index (χ0) is 19.7. The van der Waals surface area contributed by atoms with Crippen molar-refractivity contribution in [2.75, 3.05) is 0 Å². The third-order valence-corrected chi connectivity index (χ3v) is 5.40. The molecule has 0 aliphatic heterocycles. The second-order valence-corrected chi connectivity index (χ2v) is 7.59. The summed E-state index contributed by atoms with van der Waals surface area (Å²) in [5.74, 6) is 0.951. The van der Waals surface area contributed by atoms with Crippen LogP contribution in [0.25, 0.3) is 11.2 Å². The van der Waals surface area contributed by atoms with Crippen LogP contribution in [0.15, 0.2) is 21.2 Å². The van der Waals surface area contributed by atoms with Gasteiger partial charge in [-0.05, 0) is 33.1 Å². The molecule has 8 heteroatoms. The molecule has 2 aromatic rings. The van der Waals surface area contributed by atoms with E-state index in [0.717, 1.165) is 48.1 Å². The van der Waals surface area contributed by atoms with E-state index >= 15 is 0 Å². The van der Waals surface area contributed by atoms with Gasteiger partial charge in [0.15, 0.2) is 11.2 Å². The summed E-state index contributed by atoms with van der Waals surface area (Å²) in [5.41, 5.74) is 1.32. The first-order valence-corrected chi connectivity index (χ1v) is 9.34. The van der Waals surface area contributed by atoms with Crippen molar-refractivity contribution >= 4 is 17.6 Å². The summed E-state index contributed by atoms with van der Waals surface area (Å²) in [6.45, 7) is 4.55. The van der Waals surface area contributed by atoms with Gasteiger partial charge in [-0.3, -0.25) is 18.7 Å². The number of rotatable bonds is 5. The Kier molecular flexibility index (Phi) is 5.34. The molecule has 8 nitrogen and oxygen atoms in total. The van der Waals surface area contributed by atoms with Crippen LogP contribution >= 0.6 is 0 Å². The Balaban J connectivity index is 2.20. The van der Waals surface area contributed by atoms with Crippen molar-refractivity contribution in [2.24, 2.45) is 14.1 Å². The van der Waals surface area contributed by atoms with Crippen molar-refractivity contribution in [1.29, 1.82) is 0 Å². The topological polar surface area (TPSA) is 90.9 Å². The van der Waals surface area contributed by atoms with Gasteiger partial charge in [0.05, 0.1) is 0 Å². The van der Waals surface area contributed by atoms with E-state index < -0.39 is 0 Å². The fourth-order valence-electron chi connectivity index (χ4n) is 3.91. The van der Waals surface area contributed by atoms with Crippen LogP contribution < -0.4 is 16.6 Å². The van der Waals surface area contributed by atoms with Crippen molar-refractivity contribution in [3.05, 3.63) is 38.3 Å². The predicted octanol–water partition coefficient (Wildman–Crippen LogP) is 1.17. The van der Waals surface area contributed by atoms with E-state index in [4.69, 9.17) is 4.98 Å². The fourth-order valence-corrected chi connectivity index (χ4v) is 3.91. The van der Waals surface area contributed by atoms with Gasteiger partial charge >= 0.3 is 5.69 Å². The molecule has 2 unspecified atom stereocenters. The number of fused-ring (bicyclic) bond motifs is 1. The van der Waals surface area contributed by atoms with E-state index in [0.29, 0.717) is 17.7 Å². The summed E-state index contributed by atoms with van der Waals surface area (Å²) >= 11 is 0. The molecule has 2 atom stereocenters. The molecule has 1 fully saturated rings. The van der Waals surface area contributed by atoms with E-state index in [1.54, 1.807) is 7.05 Å². The van der Waals surface area contributed by atoms with Gasteiger partial charge in [0.25, 0.3) is 5.56 Å². The van der Waals surface area contributed by atoms with Gasteiger partial charge in [-0.2, -0.15) is 0 Å². The van der Waals surface area contributed by atoms with E-state index in [-0.39, 0.29) is 23.2 Å². The van der Waals surface area contributed by atoms with E-state index in [1.165, 1.54) is 11.6 Å². The van der Waals surface area contributed by atoms with Crippen molar-refractivity contribution in [1.82, 2.24) is 24.0 Å². The van der Waals surface area contributed by atoms with Crippen LogP contribution in [0.5, 0.6) is 0 Å². The molecule has 27 heavy (non-hydrogen) atoms. The number of nitrogens with zero attached hydrogens (tertiary/aromatic N) is 4. The van der Waals surface area contributed by atoms with Crippen LogP contribution in [-0.2, 0) is 25.4 Å². The zero-order valence-electron chi connectivity index (χ0n) is 16.4. The highest BCUT2D eigenvalue weighted by atomic mass is 16.2. The van der Waals surface area contributed by atoms with Gasteiger partial charge in [-0.15, -0.1) is 0 Å². The van der Waals surface area contributed by atoms with Gasteiger partial charge in [0, 0.05) is 32.6 Å². The molecule has 1 aliphatic rings. The first kappa shape index (κ1) is 19.1. The number of nitrogens with one attached hydrogen (secondary N) is 1. The lowest BCUT2D eigenvalue weighted by atomic mass is 9.85. The Morgan fingerprint density at radius 3 is 2.63 bits per heavy atom. The lowest BCUT2D eigenvalue weighted by Gasteiger charge is -2.28. The number of allylic oxidation sites excluding steroid dienone is 2. The maximum Gasteiger partial charge on any atom is 0.332 e. The van der Waals surface area contributed by atoms with Gasteiger partial charge < -0.3 is 9.88 Å². The third-order valence-electron chi connectivity index (χ3n) is 5.40. The van der Waals surface area contributed by atoms with Crippen LogP contribution in [-0.4, -0.2) is 31.1 Å². The Bertz CT molecular complexity index is 1010. The smallest absolute Gasteiger partial charge is 0.332 e. The van der Waals surface area contributed by atoms with Crippen LogP contribution in [0.2, 0.25) is 0 Å². The quantitative estimate of drug-likeness (QED) is 0.629. The standard InChI is InChI=1S/C19H27N5O3/c1-12(2)8-9-24-15-17(22(3)19(27)23(4)18(15)26)21-16(24)13-6-5-7-14(10-13)20-11-25/h8,11,13-14H,5-7,9-10H2,1-4H3,(H,20,25). The molecule has 146 valence electrons. The molecule has 0 saturated heterocycles. The molecule has 1 amide bonds. The Hall–Kier alpha value is -2.64. The van der Waals surface area contributed by atoms with Crippen molar-refractivity contribution in [2.45, 2.75) is 58.0 Å². The van der Waals surface area contributed by atoms with Gasteiger partial charge in [-0.25, -0.2) is 9.78 Å². The summed E-state index contributed by atoms with van der Waals surface area (Å²) in [7, 11) is 3.14. The number of hydrogen-bond acceptors (Lipinski definition) is 4. The molecule has 0 spiro atoms. The lowest BCUT2D eigenvalue weighted by molar-refractivity contribution is -0.110. The van der Waals surface area contributed by atoms with Crippen LogP contribution in [0.1, 0.15) is 51.3 Å². The molecule has 0 radical (unpaired) electrons. The first-order chi connectivity index (χ1) is 12.8. The molecular formula is C19H27N5O3. The molecule has 1 aliphatic carbocycles. The number of aromatic nitrogens is 4. The molecule has 1 N–H and O–H groups in total.